The molecular weight excluding hydrogens is 254 g/mol. The Labute approximate surface area is 113 Å². The van der Waals surface area contributed by atoms with Gasteiger partial charge in [-0.05, 0) is 53.3 Å². The molecule has 0 fully saturated rings. The highest BCUT2D eigenvalue weighted by molar-refractivity contribution is 8.13. The van der Waals surface area contributed by atoms with E-state index in [1.807, 2.05) is 0 Å². The largest absolute Gasteiger partial charge is 0.459 e. The van der Waals surface area contributed by atoms with Gasteiger partial charge in [0.15, 0.2) is 0 Å². The first-order valence-electron chi connectivity index (χ1n) is 5.75. The Morgan fingerprint density at radius 1 is 1.06 bits per heavy atom. The summed E-state index contributed by atoms with van der Waals surface area (Å²) in [4.78, 5) is 22.9. The number of nitrogens with two attached hydrogens (primary N) is 1. The van der Waals surface area contributed by atoms with Crippen molar-refractivity contribution >= 4 is 23.0 Å². The molecule has 0 rings (SSSR count). The molecule has 0 aliphatic rings. The van der Waals surface area contributed by atoms with Gasteiger partial charge in [-0.15, -0.1) is 0 Å². The summed E-state index contributed by atoms with van der Waals surface area (Å²) in [5.74, 6) is -0.373. The lowest BCUT2D eigenvalue weighted by molar-refractivity contribution is -0.155. The Morgan fingerprint density at radius 2 is 1.50 bits per heavy atom. The van der Waals surface area contributed by atoms with Crippen LogP contribution < -0.4 is 5.73 Å². The van der Waals surface area contributed by atoms with Crippen LogP contribution in [0, 0.1) is 0 Å². The molecule has 0 heterocycles. The van der Waals surface area contributed by atoms with E-state index < -0.39 is 28.5 Å². The molecule has 0 spiro atoms. The van der Waals surface area contributed by atoms with Crippen molar-refractivity contribution in [3.8, 4) is 0 Å². The first-order valence-corrected chi connectivity index (χ1v) is 6.73. The molecule has 0 unspecified atom stereocenters. The maximum absolute atomic E-state index is 11.5. The van der Waals surface area contributed by atoms with Crippen LogP contribution in [-0.2, 0) is 14.3 Å². The second-order valence-electron chi connectivity index (χ2n) is 5.92. The van der Waals surface area contributed by atoms with Gasteiger partial charge in [-0.2, -0.15) is 0 Å². The fraction of sp³-hybridized carbons (Fsp3) is 0.833. The lowest BCUT2D eigenvalue weighted by Crippen LogP contribution is -2.39. The molecular formula is C12H23NO4S. The Balaban J connectivity index is 4.07. The van der Waals surface area contributed by atoms with Crippen LogP contribution >= 0.6 is 11.8 Å². The summed E-state index contributed by atoms with van der Waals surface area (Å²) in [7, 11) is 0. The summed E-state index contributed by atoms with van der Waals surface area (Å²) < 4.78 is 10.2. The fourth-order valence-electron chi connectivity index (χ4n) is 0.883. The van der Waals surface area contributed by atoms with Gasteiger partial charge in [0.1, 0.15) is 17.2 Å². The minimum atomic E-state index is -0.832. The molecule has 1 atom stereocenters. The van der Waals surface area contributed by atoms with Gasteiger partial charge in [-0.25, -0.2) is 4.79 Å². The first-order chi connectivity index (χ1) is 7.91. The van der Waals surface area contributed by atoms with Crippen LogP contribution in [0.1, 0.15) is 41.5 Å². The van der Waals surface area contributed by atoms with Crippen molar-refractivity contribution in [2.24, 2.45) is 5.73 Å². The van der Waals surface area contributed by atoms with Crippen LogP contribution in [0.25, 0.3) is 0 Å². The molecule has 0 aromatic rings. The molecule has 5 nitrogen and oxygen atoms in total. The van der Waals surface area contributed by atoms with Crippen molar-refractivity contribution in [1.82, 2.24) is 0 Å². The van der Waals surface area contributed by atoms with Gasteiger partial charge in [0.25, 0.3) is 0 Å². The third kappa shape index (κ3) is 9.30. The molecule has 0 aromatic heterocycles. The molecule has 0 radical (unpaired) electrons. The molecule has 2 N–H and O–H groups in total. The third-order valence-corrected chi connectivity index (χ3v) is 2.32. The first kappa shape index (κ1) is 17.2. The van der Waals surface area contributed by atoms with Gasteiger partial charge in [0, 0.05) is 5.75 Å². The standard InChI is InChI=1S/C12H23NO4S/c1-11(2,3)16-9(14)8(13)7-18-10(15)17-12(4,5)6/h8H,7,13H2,1-6H3/t8-/m0/s1. The van der Waals surface area contributed by atoms with Crippen LogP contribution in [0.5, 0.6) is 0 Å². The van der Waals surface area contributed by atoms with Gasteiger partial charge in [-0.3, -0.25) is 4.79 Å². The summed E-state index contributed by atoms with van der Waals surface area (Å²) >= 11 is 0.879. The van der Waals surface area contributed by atoms with Crippen molar-refractivity contribution in [2.45, 2.75) is 58.8 Å². The predicted octanol–water partition coefficient (Wildman–Crippen LogP) is 2.32. The van der Waals surface area contributed by atoms with Gasteiger partial charge in [-0.1, -0.05) is 0 Å². The molecule has 106 valence electrons. The van der Waals surface area contributed by atoms with Crippen molar-refractivity contribution < 1.29 is 19.1 Å². The fourth-order valence-corrected chi connectivity index (χ4v) is 1.64. The van der Waals surface area contributed by atoms with E-state index >= 15 is 0 Å². The van der Waals surface area contributed by atoms with E-state index in [-0.39, 0.29) is 5.75 Å². The van der Waals surface area contributed by atoms with Crippen molar-refractivity contribution in [3.05, 3.63) is 0 Å². The summed E-state index contributed by atoms with van der Waals surface area (Å²) in [6, 6.07) is -0.832. The lowest BCUT2D eigenvalue weighted by Gasteiger charge is -2.22. The maximum Gasteiger partial charge on any atom is 0.367 e. The molecule has 0 saturated heterocycles. The van der Waals surface area contributed by atoms with Crippen molar-refractivity contribution in [1.29, 1.82) is 0 Å². The van der Waals surface area contributed by atoms with Crippen LogP contribution in [0.2, 0.25) is 0 Å². The third-order valence-electron chi connectivity index (χ3n) is 1.48. The number of esters is 1. The lowest BCUT2D eigenvalue weighted by atomic mass is 10.2. The van der Waals surface area contributed by atoms with E-state index in [4.69, 9.17) is 15.2 Å². The van der Waals surface area contributed by atoms with Gasteiger partial charge in [0.05, 0.1) is 0 Å². The molecule has 0 aliphatic carbocycles. The minimum Gasteiger partial charge on any atom is -0.459 e. The number of carbonyl (C=O) groups excluding carboxylic acids is 2. The second-order valence-corrected chi connectivity index (χ2v) is 6.87. The van der Waals surface area contributed by atoms with E-state index in [0.717, 1.165) is 11.8 Å². The van der Waals surface area contributed by atoms with E-state index in [9.17, 15) is 9.59 Å². The summed E-state index contributed by atoms with van der Waals surface area (Å²) in [6.07, 6.45) is 0. The van der Waals surface area contributed by atoms with Crippen molar-refractivity contribution in [2.75, 3.05) is 5.75 Å². The SMILES string of the molecule is CC(C)(C)OC(=O)SC[C@H](N)C(=O)OC(C)(C)C. The number of thioether (sulfide) groups is 1. The Bertz CT molecular complexity index is 304. The van der Waals surface area contributed by atoms with Crippen LogP contribution in [0.3, 0.4) is 0 Å². The monoisotopic (exact) mass is 277 g/mol. The normalized spacial score (nSPS) is 13.9. The van der Waals surface area contributed by atoms with Gasteiger partial charge in [0.2, 0.25) is 0 Å². The summed E-state index contributed by atoms with van der Waals surface area (Å²) in [5, 5.41) is -0.443. The summed E-state index contributed by atoms with van der Waals surface area (Å²) in [6.45, 7) is 10.6. The number of carbonyl (C=O) groups is 2. The Kier molecular flexibility index (Phi) is 6.16. The van der Waals surface area contributed by atoms with Crippen molar-refractivity contribution in [3.63, 3.8) is 0 Å². The minimum absolute atomic E-state index is 0.143. The molecule has 0 aliphatic heterocycles. The quantitative estimate of drug-likeness (QED) is 0.798. The Hall–Kier alpha value is -0.750. The predicted molar refractivity (Wildman–Crippen MR) is 72.5 cm³/mol. The number of hydrogen-bond donors (Lipinski definition) is 1. The van der Waals surface area contributed by atoms with Crippen LogP contribution in [0.4, 0.5) is 4.79 Å². The topological polar surface area (TPSA) is 78.6 Å². The van der Waals surface area contributed by atoms with Gasteiger partial charge >= 0.3 is 11.3 Å². The number of rotatable bonds is 3. The maximum atomic E-state index is 11.5. The van der Waals surface area contributed by atoms with E-state index in [0.29, 0.717) is 0 Å². The van der Waals surface area contributed by atoms with E-state index in [1.54, 1.807) is 41.5 Å². The highest BCUT2D eigenvalue weighted by atomic mass is 32.2. The number of ether oxygens (including phenoxy) is 2. The molecule has 6 heteroatoms. The molecule has 0 bridgehead atoms. The molecule has 0 amide bonds. The summed E-state index contributed by atoms with van der Waals surface area (Å²) in [5.41, 5.74) is 4.51. The van der Waals surface area contributed by atoms with Gasteiger partial charge < -0.3 is 15.2 Å². The Morgan fingerprint density at radius 3 is 1.89 bits per heavy atom. The van der Waals surface area contributed by atoms with Crippen LogP contribution in [0.15, 0.2) is 0 Å². The van der Waals surface area contributed by atoms with E-state index in [2.05, 4.69) is 0 Å². The molecule has 0 saturated carbocycles. The zero-order chi connectivity index (χ0) is 14.6. The average Bonchev–Trinajstić information content (AvgIpc) is 2.08. The van der Waals surface area contributed by atoms with E-state index in [1.165, 1.54) is 0 Å². The molecule has 0 aromatic carbocycles. The highest BCUT2D eigenvalue weighted by Crippen LogP contribution is 2.16. The molecule has 18 heavy (non-hydrogen) atoms. The zero-order valence-corrected chi connectivity index (χ0v) is 12.7. The smallest absolute Gasteiger partial charge is 0.367 e. The average molecular weight is 277 g/mol. The van der Waals surface area contributed by atoms with Crippen LogP contribution in [-0.4, -0.2) is 34.3 Å². The highest BCUT2D eigenvalue weighted by Gasteiger charge is 2.24. The zero-order valence-electron chi connectivity index (χ0n) is 11.9. The second kappa shape index (κ2) is 6.43. The number of hydrogen-bond acceptors (Lipinski definition) is 6.